The summed E-state index contributed by atoms with van der Waals surface area (Å²) in [6.07, 6.45) is 2.28. The Morgan fingerprint density at radius 1 is 1.36 bits per heavy atom. The second-order valence-corrected chi connectivity index (χ2v) is 6.50. The van der Waals surface area contributed by atoms with Crippen molar-refractivity contribution in [3.8, 4) is 5.75 Å². The van der Waals surface area contributed by atoms with Gasteiger partial charge in [-0.25, -0.2) is 13.1 Å². The molecule has 6 nitrogen and oxygen atoms in total. The summed E-state index contributed by atoms with van der Waals surface area (Å²) in [7, 11) is -3.53. The Kier molecular flexibility index (Phi) is 7.07. The third-order valence-electron chi connectivity index (χ3n) is 2.92. The molecule has 7 heteroatoms. The van der Waals surface area contributed by atoms with Gasteiger partial charge < -0.3 is 10.1 Å². The molecule has 1 atom stereocenters. The second kappa shape index (κ2) is 8.55. The van der Waals surface area contributed by atoms with Crippen LogP contribution in [0.15, 0.2) is 41.8 Å². The van der Waals surface area contributed by atoms with E-state index in [4.69, 9.17) is 4.74 Å². The number of carbonyl (C=O) groups excluding carboxylic acids is 1. The van der Waals surface area contributed by atoms with Crippen molar-refractivity contribution in [3.05, 3.63) is 36.9 Å². The van der Waals surface area contributed by atoms with E-state index < -0.39 is 10.0 Å². The minimum absolute atomic E-state index is 0.130. The van der Waals surface area contributed by atoms with E-state index in [2.05, 4.69) is 16.6 Å². The van der Waals surface area contributed by atoms with E-state index in [9.17, 15) is 13.2 Å². The zero-order valence-electron chi connectivity index (χ0n) is 12.8. The summed E-state index contributed by atoms with van der Waals surface area (Å²) in [6.45, 7) is 7.44. The molecule has 1 rings (SSSR count). The molecule has 0 aliphatic heterocycles. The van der Waals surface area contributed by atoms with Crippen LogP contribution in [0.2, 0.25) is 0 Å². The van der Waals surface area contributed by atoms with Crippen LogP contribution in [0.25, 0.3) is 0 Å². The molecule has 1 aromatic carbocycles. The van der Waals surface area contributed by atoms with Crippen molar-refractivity contribution in [2.24, 2.45) is 0 Å². The quantitative estimate of drug-likeness (QED) is 0.673. The first kappa shape index (κ1) is 18.2. The van der Waals surface area contributed by atoms with Crippen LogP contribution in [0.1, 0.15) is 20.3 Å². The van der Waals surface area contributed by atoms with Gasteiger partial charge in [-0.2, -0.15) is 0 Å². The maximum atomic E-state index is 12.1. The minimum atomic E-state index is -3.53. The molecule has 1 aromatic rings. The SMILES string of the molecule is C=CCNC(=O)COc1ccc(S(=O)(=O)N[C@@H](C)CC)cc1. The van der Waals surface area contributed by atoms with Gasteiger partial charge in [0.05, 0.1) is 4.90 Å². The van der Waals surface area contributed by atoms with Crippen LogP contribution in [0.5, 0.6) is 5.75 Å². The molecule has 22 heavy (non-hydrogen) atoms. The molecule has 0 heterocycles. The number of carbonyl (C=O) groups is 1. The monoisotopic (exact) mass is 326 g/mol. The summed E-state index contributed by atoms with van der Waals surface area (Å²) >= 11 is 0. The van der Waals surface area contributed by atoms with E-state index in [0.29, 0.717) is 18.7 Å². The summed E-state index contributed by atoms with van der Waals surface area (Å²) in [5.74, 6) is 0.159. The molecule has 0 radical (unpaired) electrons. The number of rotatable bonds is 9. The Labute approximate surface area is 131 Å². The third-order valence-corrected chi connectivity index (χ3v) is 4.52. The molecular formula is C15H22N2O4S. The van der Waals surface area contributed by atoms with Crippen LogP contribution in [0.3, 0.4) is 0 Å². The van der Waals surface area contributed by atoms with Crippen molar-refractivity contribution in [1.29, 1.82) is 0 Å². The standard InChI is InChI=1S/C15H22N2O4S/c1-4-10-16-15(18)11-21-13-6-8-14(9-7-13)22(19,20)17-12(3)5-2/h4,6-9,12,17H,1,5,10-11H2,2-3H3,(H,16,18)/t12-/m0/s1. The highest BCUT2D eigenvalue weighted by Gasteiger charge is 2.16. The van der Waals surface area contributed by atoms with Gasteiger partial charge >= 0.3 is 0 Å². The van der Waals surface area contributed by atoms with Crippen LogP contribution in [0, 0.1) is 0 Å². The molecule has 0 aliphatic rings. The van der Waals surface area contributed by atoms with Gasteiger partial charge in [0, 0.05) is 12.6 Å². The molecule has 0 aromatic heterocycles. The fraction of sp³-hybridized carbons (Fsp3) is 0.400. The predicted octanol–water partition coefficient (Wildman–Crippen LogP) is 1.44. The van der Waals surface area contributed by atoms with Crippen molar-refractivity contribution in [1.82, 2.24) is 10.0 Å². The van der Waals surface area contributed by atoms with Crippen molar-refractivity contribution in [2.45, 2.75) is 31.2 Å². The summed E-state index contributed by atoms with van der Waals surface area (Å²) in [5, 5.41) is 2.58. The van der Waals surface area contributed by atoms with Gasteiger partial charge in [0.25, 0.3) is 5.91 Å². The van der Waals surface area contributed by atoms with Crippen molar-refractivity contribution >= 4 is 15.9 Å². The highest BCUT2D eigenvalue weighted by Crippen LogP contribution is 2.16. The fourth-order valence-corrected chi connectivity index (χ4v) is 2.84. The van der Waals surface area contributed by atoms with Crippen LogP contribution >= 0.6 is 0 Å². The normalized spacial score (nSPS) is 12.5. The number of hydrogen-bond donors (Lipinski definition) is 2. The van der Waals surface area contributed by atoms with E-state index in [1.54, 1.807) is 13.0 Å². The van der Waals surface area contributed by atoms with Crippen LogP contribution in [-0.2, 0) is 14.8 Å². The number of benzene rings is 1. The molecule has 0 bridgehead atoms. The Hall–Kier alpha value is -1.86. The maximum absolute atomic E-state index is 12.1. The molecule has 0 saturated heterocycles. The maximum Gasteiger partial charge on any atom is 0.258 e. The molecule has 0 unspecified atom stereocenters. The molecule has 2 N–H and O–H groups in total. The van der Waals surface area contributed by atoms with Gasteiger partial charge in [-0.05, 0) is 37.6 Å². The zero-order chi connectivity index (χ0) is 16.6. The van der Waals surface area contributed by atoms with Gasteiger partial charge in [0.2, 0.25) is 10.0 Å². The topological polar surface area (TPSA) is 84.5 Å². The van der Waals surface area contributed by atoms with Gasteiger partial charge in [-0.3, -0.25) is 4.79 Å². The second-order valence-electron chi connectivity index (χ2n) is 4.78. The number of hydrogen-bond acceptors (Lipinski definition) is 4. The highest BCUT2D eigenvalue weighted by atomic mass is 32.2. The van der Waals surface area contributed by atoms with E-state index in [1.165, 1.54) is 24.3 Å². The molecule has 1 amide bonds. The van der Waals surface area contributed by atoms with Gasteiger partial charge in [-0.15, -0.1) is 6.58 Å². The Morgan fingerprint density at radius 2 is 2.00 bits per heavy atom. The van der Waals surface area contributed by atoms with E-state index >= 15 is 0 Å². The number of amides is 1. The molecular weight excluding hydrogens is 304 g/mol. The first-order valence-electron chi connectivity index (χ1n) is 7.01. The molecule has 0 spiro atoms. The van der Waals surface area contributed by atoms with Crippen LogP contribution in [0.4, 0.5) is 0 Å². The van der Waals surface area contributed by atoms with Crippen LogP contribution in [-0.4, -0.2) is 33.5 Å². The molecule has 122 valence electrons. The number of ether oxygens (including phenoxy) is 1. The Morgan fingerprint density at radius 3 is 2.55 bits per heavy atom. The average Bonchev–Trinajstić information content (AvgIpc) is 2.50. The van der Waals surface area contributed by atoms with Gasteiger partial charge in [-0.1, -0.05) is 13.0 Å². The summed E-state index contributed by atoms with van der Waals surface area (Å²) < 4.78 is 32.0. The minimum Gasteiger partial charge on any atom is -0.484 e. The molecule has 0 saturated carbocycles. The summed E-state index contributed by atoms with van der Waals surface area (Å²) in [5.41, 5.74) is 0. The van der Waals surface area contributed by atoms with Crippen LogP contribution < -0.4 is 14.8 Å². The number of sulfonamides is 1. The Bertz CT molecular complexity index is 596. The van der Waals surface area contributed by atoms with Gasteiger partial charge in [0.1, 0.15) is 5.75 Å². The largest absolute Gasteiger partial charge is 0.484 e. The van der Waals surface area contributed by atoms with Crippen molar-refractivity contribution in [2.75, 3.05) is 13.2 Å². The summed E-state index contributed by atoms with van der Waals surface area (Å²) in [6, 6.07) is 5.80. The van der Waals surface area contributed by atoms with E-state index in [0.717, 1.165) is 0 Å². The van der Waals surface area contributed by atoms with E-state index in [-0.39, 0.29) is 23.5 Å². The number of nitrogens with one attached hydrogen (secondary N) is 2. The van der Waals surface area contributed by atoms with Crippen molar-refractivity contribution in [3.63, 3.8) is 0 Å². The first-order chi connectivity index (χ1) is 10.4. The van der Waals surface area contributed by atoms with Gasteiger partial charge in [0.15, 0.2) is 6.61 Å². The fourth-order valence-electron chi connectivity index (χ4n) is 1.52. The smallest absolute Gasteiger partial charge is 0.258 e. The Balaban J connectivity index is 2.63. The molecule has 0 fully saturated rings. The highest BCUT2D eigenvalue weighted by molar-refractivity contribution is 7.89. The third kappa shape index (κ3) is 5.87. The average molecular weight is 326 g/mol. The lowest BCUT2D eigenvalue weighted by molar-refractivity contribution is -0.122. The summed E-state index contributed by atoms with van der Waals surface area (Å²) in [4.78, 5) is 11.5. The lowest BCUT2D eigenvalue weighted by atomic mass is 10.3. The lowest BCUT2D eigenvalue weighted by Crippen LogP contribution is -2.32. The molecule has 0 aliphatic carbocycles. The van der Waals surface area contributed by atoms with Crippen molar-refractivity contribution < 1.29 is 17.9 Å². The lowest BCUT2D eigenvalue weighted by Gasteiger charge is -2.12. The first-order valence-corrected chi connectivity index (χ1v) is 8.50. The zero-order valence-corrected chi connectivity index (χ0v) is 13.7. The van der Waals surface area contributed by atoms with E-state index in [1.807, 2.05) is 6.92 Å². The predicted molar refractivity (Wildman–Crippen MR) is 85.2 cm³/mol.